The third kappa shape index (κ3) is 4.20. The average molecular weight is 228 g/mol. The predicted molar refractivity (Wildman–Crippen MR) is 64.4 cm³/mol. The molecular weight excluding hydrogens is 210 g/mol. The Morgan fingerprint density at radius 2 is 2.20 bits per heavy atom. The van der Waals surface area contributed by atoms with E-state index in [1.54, 1.807) is 0 Å². The Balaban J connectivity index is 2.47. The van der Waals surface area contributed by atoms with Crippen LogP contribution in [-0.2, 0) is 11.3 Å². The van der Waals surface area contributed by atoms with E-state index in [1.165, 1.54) is 5.56 Å². The number of benzene rings is 1. The molecule has 0 radical (unpaired) electrons. The number of nitrogens with one attached hydrogen (secondary N) is 1. The molecule has 1 rings (SSSR count). The number of hydrogen-bond donors (Lipinski definition) is 1. The molecule has 0 heterocycles. The van der Waals surface area contributed by atoms with Gasteiger partial charge in [-0.05, 0) is 38.1 Å². The Hall–Kier alpha value is -0.570. The van der Waals surface area contributed by atoms with Gasteiger partial charge in [-0.25, -0.2) is 0 Å². The van der Waals surface area contributed by atoms with Crippen molar-refractivity contribution in [3.8, 4) is 0 Å². The van der Waals surface area contributed by atoms with E-state index in [9.17, 15) is 0 Å². The minimum absolute atomic E-state index is 0.228. The molecule has 1 N–H and O–H groups in total. The number of halogens is 1. The van der Waals surface area contributed by atoms with Crippen LogP contribution in [0.1, 0.15) is 18.1 Å². The first-order valence-corrected chi connectivity index (χ1v) is 5.52. The van der Waals surface area contributed by atoms with Crippen LogP contribution in [0.15, 0.2) is 18.2 Å². The van der Waals surface area contributed by atoms with Crippen LogP contribution in [-0.4, -0.2) is 19.7 Å². The highest BCUT2D eigenvalue weighted by molar-refractivity contribution is 6.31. The van der Waals surface area contributed by atoms with Gasteiger partial charge in [0.15, 0.2) is 0 Å². The van der Waals surface area contributed by atoms with E-state index in [1.807, 2.05) is 26.1 Å². The van der Waals surface area contributed by atoms with Crippen molar-refractivity contribution in [2.75, 3.05) is 13.6 Å². The maximum Gasteiger partial charge on any atom is 0.0721 e. The van der Waals surface area contributed by atoms with E-state index >= 15 is 0 Å². The minimum atomic E-state index is 0.228. The van der Waals surface area contributed by atoms with Crippen molar-refractivity contribution in [1.82, 2.24) is 5.32 Å². The van der Waals surface area contributed by atoms with Gasteiger partial charge < -0.3 is 10.1 Å². The van der Waals surface area contributed by atoms with Crippen molar-refractivity contribution in [1.29, 1.82) is 0 Å². The zero-order valence-corrected chi connectivity index (χ0v) is 10.3. The van der Waals surface area contributed by atoms with Crippen LogP contribution in [0.4, 0.5) is 0 Å². The van der Waals surface area contributed by atoms with Crippen LogP contribution in [0.25, 0.3) is 0 Å². The fourth-order valence-corrected chi connectivity index (χ4v) is 1.50. The molecule has 1 aromatic carbocycles. The summed E-state index contributed by atoms with van der Waals surface area (Å²) in [6.07, 6.45) is 0.228. The van der Waals surface area contributed by atoms with Crippen molar-refractivity contribution in [2.24, 2.45) is 0 Å². The molecule has 0 saturated carbocycles. The van der Waals surface area contributed by atoms with Gasteiger partial charge in [-0.1, -0.05) is 23.7 Å². The number of aryl methyl sites for hydroxylation is 1. The van der Waals surface area contributed by atoms with Crippen LogP contribution in [0.3, 0.4) is 0 Å². The second-order valence-corrected chi connectivity index (χ2v) is 4.17. The molecule has 0 bridgehead atoms. The Morgan fingerprint density at radius 3 is 2.80 bits per heavy atom. The SMILES string of the molecule is CNCC(C)OCc1ccc(Cl)c(C)c1. The van der Waals surface area contributed by atoms with Gasteiger partial charge in [-0.15, -0.1) is 0 Å². The van der Waals surface area contributed by atoms with E-state index < -0.39 is 0 Å². The van der Waals surface area contributed by atoms with Crippen molar-refractivity contribution >= 4 is 11.6 Å². The molecule has 0 aliphatic rings. The maximum absolute atomic E-state index is 5.94. The largest absolute Gasteiger partial charge is 0.373 e. The predicted octanol–water partition coefficient (Wildman–Crippen LogP) is 2.77. The molecule has 15 heavy (non-hydrogen) atoms. The summed E-state index contributed by atoms with van der Waals surface area (Å²) >= 11 is 5.94. The Labute approximate surface area is 96.6 Å². The summed E-state index contributed by atoms with van der Waals surface area (Å²) in [5.41, 5.74) is 2.26. The lowest BCUT2D eigenvalue weighted by Crippen LogP contribution is -2.23. The van der Waals surface area contributed by atoms with E-state index in [4.69, 9.17) is 16.3 Å². The standard InChI is InChI=1S/C12H18ClNO/c1-9-6-11(4-5-12(9)13)8-15-10(2)7-14-3/h4-6,10,14H,7-8H2,1-3H3. The van der Waals surface area contributed by atoms with Gasteiger partial charge in [0.25, 0.3) is 0 Å². The van der Waals surface area contributed by atoms with Gasteiger partial charge in [-0.2, -0.15) is 0 Å². The molecule has 1 aromatic rings. The first-order valence-electron chi connectivity index (χ1n) is 5.14. The zero-order chi connectivity index (χ0) is 11.3. The molecule has 1 atom stereocenters. The molecule has 3 heteroatoms. The summed E-state index contributed by atoms with van der Waals surface area (Å²) < 4.78 is 5.66. The average Bonchev–Trinajstić information content (AvgIpc) is 2.20. The van der Waals surface area contributed by atoms with Crippen LogP contribution in [0, 0.1) is 6.92 Å². The summed E-state index contributed by atoms with van der Waals surface area (Å²) in [7, 11) is 1.92. The Kier molecular flexibility index (Phi) is 5.09. The lowest BCUT2D eigenvalue weighted by molar-refractivity contribution is 0.0545. The van der Waals surface area contributed by atoms with Crippen LogP contribution in [0.2, 0.25) is 5.02 Å². The minimum Gasteiger partial charge on any atom is -0.373 e. The molecule has 2 nitrogen and oxygen atoms in total. The monoisotopic (exact) mass is 227 g/mol. The van der Waals surface area contributed by atoms with Gasteiger partial charge in [0.2, 0.25) is 0 Å². The van der Waals surface area contributed by atoms with E-state index in [-0.39, 0.29) is 6.10 Å². The molecule has 0 fully saturated rings. The number of likely N-dealkylation sites (N-methyl/N-ethyl adjacent to an activating group) is 1. The molecule has 84 valence electrons. The van der Waals surface area contributed by atoms with E-state index in [2.05, 4.69) is 18.3 Å². The topological polar surface area (TPSA) is 21.3 Å². The Bertz CT molecular complexity index is 314. The van der Waals surface area contributed by atoms with Gasteiger partial charge >= 0.3 is 0 Å². The van der Waals surface area contributed by atoms with Crippen LogP contribution >= 0.6 is 11.6 Å². The number of rotatable bonds is 5. The lowest BCUT2D eigenvalue weighted by Gasteiger charge is -2.12. The van der Waals surface area contributed by atoms with Crippen LogP contribution < -0.4 is 5.32 Å². The summed E-state index contributed by atoms with van der Waals surface area (Å²) in [6.45, 7) is 5.57. The molecule has 0 saturated heterocycles. The van der Waals surface area contributed by atoms with Gasteiger partial charge in [-0.3, -0.25) is 0 Å². The van der Waals surface area contributed by atoms with E-state index in [0.717, 1.165) is 17.1 Å². The normalized spacial score (nSPS) is 12.8. The molecule has 0 aliphatic carbocycles. The van der Waals surface area contributed by atoms with Crippen molar-refractivity contribution in [3.05, 3.63) is 34.3 Å². The van der Waals surface area contributed by atoms with Gasteiger partial charge in [0.05, 0.1) is 12.7 Å². The molecule has 0 aliphatic heterocycles. The molecule has 1 unspecified atom stereocenters. The second kappa shape index (κ2) is 6.11. The van der Waals surface area contributed by atoms with Crippen molar-refractivity contribution < 1.29 is 4.74 Å². The fourth-order valence-electron chi connectivity index (χ4n) is 1.38. The molecular formula is C12H18ClNO. The summed E-state index contributed by atoms with van der Waals surface area (Å²) in [6, 6.07) is 5.98. The zero-order valence-electron chi connectivity index (χ0n) is 9.51. The smallest absolute Gasteiger partial charge is 0.0721 e. The molecule has 0 amide bonds. The highest BCUT2D eigenvalue weighted by Gasteiger charge is 2.02. The Morgan fingerprint density at radius 1 is 1.47 bits per heavy atom. The van der Waals surface area contributed by atoms with E-state index in [0.29, 0.717) is 6.61 Å². The first-order chi connectivity index (χ1) is 7.13. The third-order valence-corrected chi connectivity index (χ3v) is 2.67. The lowest BCUT2D eigenvalue weighted by atomic mass is 10.1. The highest BCUT2D eigenvalue weighted by atomic mass is 35.5. The van der Waals surface area contributed by atoms with Crippen molar-refractivity contribution in [2.45, 2.75) is 26.6 Å². The summed E-state index contributed by atoms with van der Waals surface area (Å²) in [4.78, 5) is 0. The fraction of sp³-hybridized carbons (Fsp3) is 0.500. The third-order valence-electron chi connectivity index (χ3n) is 2.25. The maximum atomic E-state index is 5.94. The molecule has 0 aromatic heterocycles. The van der Waals surface area contributed by atoms with Crippen molar-refractivity contribution in [3.63, 3.8) is 0 Å². The summed E-state index contributed by atoms with van der Waals surface area (Å²) in [5.74, 6) is 0. The number of ether oxygens (including phenoxy) is 1. The first kappa shape index (κ1) is 12.5. The summed E-state index contributed by atoms with van der Waals surface area (Å²) in [5, 5.41) is 3.89. The van der Waals surface area contributed by atoms with Gasteiger partial charge in [0, 0.05) is 11.6 Å². The highest BCUT2D eigenvalue weighted by Crippen LogP contribution is 2.16. The second-order valence-electron chi connectivity index (χ2n) is 3.76. The van der Waals surface area contributed by atoms with Crippen LogP contribution in [0.5, 0.6) is 0 Å². The quantitative estimate of drug-likeness (QED) is 0.835. The molecule has 0 spiro atoms. The van der Waals surface area contributed by atoms with Gasteiger partial charge in [0.1, 0.15) is 0 Å². The number of hydrogen-bond acceptors (Lipinski definition) is 2.